The summed E-state index contributed by atoms with van der Waals surface area (Å²) in [5.41, 5.74) is 2.38. The Balaban J connectivity index is 2.14. The maximum atomic E-state index is 6.07. The molecule has 0 unspecified atom stereocenters. The van der Waals surface area contributed by atoms with Crippen LogP contribution in [-0.2, 0) is 0 Å². The summed E-state index contributed by atoms with van der Waals surface area (Å²) in [6, 6.07) is 17.9. The molecule has 4 nitrogen and oxygen atoms in total. The van der Waals surface area contributed by atoms with Crippen molar-refractivity contribution in [1.82, 2.24) is 9.97 Å². The van der Waals surface area contributed by atoms with E-state index in [0.29, 0.717) is 11.7 Å². The molecule has 0 spiro atoms. The molecule has 118 valence electrons. The van der Waals surface area contributed by atoms with Gasteiger partial charge in [-0.3, -0.25) is 0 Å². The Kier molecular flexibility index (Phi) is 3.90. The smallest absolute Gasteiger partial charge is 0.259 e. The van der Waals surface area contributed by atoms with E-state index in [1.54, 1.807) is 0 Å². The van der Waals surface area contributed by atoms with E-state index in [1.165, 1.54) is 0 Å². The number of para-hydroxylation sites is 3. The van der Waals surface area contributed by atoms with Gasteiger partial charge < -0.3 is 9.64 Å². The molecule has 3 rings (SSSR count). The average Bonchev–Trinajstić information content (AvgIpc) is 2.53. The van der Waals surface area contributed by atoms with Crippen molar-refractivity contribution in [2.24, 2.45) is 0 Å². The predicted molar refractivity (Wildman–Crippen MR) is 94.4 cm³/mol. The van der Waals surface area contributed by atoms with Crippen LogP contribution in [0.1, 0.15) is 20.8 Å². The molecule has 3 aromatic rings. The summed E-state index contributed by atoms with van der Waals surface area (Å²) in [6.45, 7) is 6.03. The van der Waals surface area contributed by atoms with E-state index in [2.05, 4.69) is 4.98 Å². The second-order valence-electron chi connectivity index (χ2n) is 6.45. The van der Waals surface area contributed by atoms with Crippen LogP contribution in [0.3, 0.4) is 0 Å². The van der Waals surface area contributed by atoms with Crippen molar-refractivity contribution in [2.45, 2.75) is 26.4 Å². The molecule has 0 saturated heterocycles. The van der Waals surface area contributed by atoms with Crippen LogP contribution in [0, 0.1) is 0 Å². The molecule has 0 bridgehead atoms. The van der Waals surface area contributed by atoms with Crippen LogP contribution in [0.4, 0.5) is 11.5 Å². The number of ether oxygens (including phenoxy) is 1. The zero-order valence-electron chi connectivity index (χ0n) is 13.9. The third-order valence-electron chi connectivity index (χ3n) is 3.39. The summed E-state index contributed by atoms with van der Waals surface area (Å²) >= 11 is 0. The molecule has 1 heterocycles. The molecule has 2 aromatic carbocycles. The lowest BCUT2D eigenvalue weighted by molar-refractivity contribution is 0.125. The van der Waals surface area contributed by atoms with Crippen molar-refractivity contribution < 1.29 is 4.74 Å². The molecule has 0 amide bonds. The second-order valence-corrected chi connectivity index (χ2v) is 6.45. The molecule has 1 aromatic heterocycles. The Morgan fingerprint density at radius 2 is 1.39 bits per heavy atom. The first-order valence-corrected chi connectivity index (χ1v) is 7.69. The molecule has 0 aliphatic rings. The standard InChI is InChI=1S/C19H21N3O/c1-19(2,3)23-18-17(22(4)14-10-6-5-7-11-14)20-15-12-8-9-13-16(15)21-18/h5-13H,1-4H3. The fourth-order valence-electron chi connectivity index (χ4n) is 2.33. The lowest BCUT2D eigenvalue weighted by atomic mass is 10.2. The van der Waals surface area contributed by atoms with Gasteiger partial charge in [-0.05, 0) is 45.0 Å². The van der Waals surface area contributed by atoms with E-state index in [-0.39, 0.29) is 5.60 Å². The van der Waals surface area contributed by atoms with E-state index in [9.17, 15) is 0 Å². The van der Waals surface area contributed by atoms with Gasteiger partial charge in [0, 0.05) is 12.7 Å². The number of aromatic nitrogens is 2. The van der Waals surface area contributed by atoms with E-state index in [4.69, 9.17) is 9.72 Å². The van der Waals surface area contributed by atoms with Gasteiger partial charge in [0.15, 0.2) is 5.82 Å². The number of anilines is 2. The Morgan fingerprint density at radius 1 is 0.826 bits per heavy atom. The summed E-state index contributed by atoms with van der Waals surface area (Å²) < 4.78 is 6.07. The quantitative estimate of drug-likeness (QED) is 0.710. The summed E-state index contributed by atoms with van der Waals surface area (Å²) in [6.07, 6.45) is 0. The van der Waals surface area contributed by atoms with Crippen molar-refractivity contribution in [3.05, 3.63) is 54.6 Å². The molecular formula is C19H21N3O. The zero-order valence-corrected chi connectivity index (χ0v) is 13.9. The Labute approximate surface area is 136 Å². The minimum atomic E-state index is -0.344. The molecule has 0 fully saturated rings. The fraction of sp³-hybridized carbons (Fsp3) is 0.263. The van der Waals surface area contributed by atoms with Crippen molar-refractivity contribution in [2.75, 3.05) is 11.9 Å². The maximum Gasteiger partial charge on any atom is 0.259 e. The van der Waals surface area contributed by atoms with E-state index in [0.717, 1.165) is 16.7 Å². The highest BCUT2D eigenvalue weighted by Gasteiger charge is 2.21. The Bertz CT molecular complexity index is 810. The number of nitrogens with zero attached hydrogens (tertiary/aromatic N) is 3. The van der Waals surface area contributed by atoms with Gasteiger partial charge in [-0.15, -0.1) is 0 Å². The highest BCUT2D eigenvalue weighted by atomic mass is 16.5. The van der Waals surface area contributed by atoms with Crippen LogP contribution in [-0.4, -0.2) is 22.6 Å². The molecule has 0 radical (unpaired) electrons. The van der Waals surface area contributed by atoms with Gasteiger partial charge in [0.25, 0.3) is 5.88 Å². The van der Waals surface area contributed by atoms with Crippen molar-refractivity contribution in [3.8, 4) is 5.88 Å². The van der Waals surface area contributed by atoms with Gasteiger partial charge >= 0.3 is 0 Å². The highest BCUT2D eigenvalue weighted by Crippen LogP contribution is 2.32. The molecule has 4 heteroatoms. The first-order valence-electron chi connectivity index (χ1n) is 7.69. The van der Waals surface area contributed by atoms with Crippen LogP contribution >= 0.6 is 0 Å². The second kappa shape index (κ2) is 5.88. The topological polar surface area (TPSA) is 38.2 Å². The van der Waals surface area contributed by atoms with Crippen molar-refractivity contribution >= 4 is 22.5 Å². The van der Waals surface area contributed by atoms with Crippen LogP contribution in [0.2, 0.25) is 0 Å². The lowest BCUT2D eigenvalue weighted by Crippen LogP contribution is -2.25. The maximum absolute atomic E-state index is 6.07. The highest BCUT2D eigenvalue weighted by molar-refractivity contribution is 5.79. The fourth-order valence-corrected chi connectivity index (χ4v) is 2.33. The predicted octanol–water partition coefficient (Wildman–Crippen LogP) is 4.58. The van der Waals surface area contributed by atoms with Gasteiger partial charge in [-0.25, -0.2) is 9.97 Å². The van der Waals surface area contributed by atoms with E-state index >= 15 is 0 Å². The molecule has 23 heavy (non-hydrogen) atoms. The SMILES string of the molecule is CN(c1ccccc1)c1nc2ccccc2nc1OC(C)(C)C. The minimum absolute atomic E-state index is 0.344. The normalized spacial score (nSPS) is 11.5. The Hall–Kier alpha value is -2.62. The molecular weight excluding hydrogens is 286 g/mol. The zero-order chi connectivity index (χ0) is 16.4. The van der Waals surface area contributed by atoms with Gasteiger partial charge in [0.2, 0.25) is 0 Å². The molecule has 0 aliphatic heterocycles. The first kappa shape index (κ1) is 15.3. The average molecular weight is 307 g/mol. The number of fused-ring (bicyclic) bond motifs is 1. The van der Waals surface area contributed by atoms with Crippen LogP contribution in [0.25, 0.3) is 11.0 Å². The largest absolute Gasteiger partial charge is 0.469 e. The Morgan fingerprint density at radius 3 is 2.00 bits per heavy atom. The van der Waals surface area contributed by atoms with E-state index < -0.39 is 0 Å². The van der Waals surface area contributed by atoms with Gasteiger partial charge in [0.1, 0.15) is 5.60 Å². The summed E-state index contributed by atoms with van der Waals surface area (Å²) in [5.74, 6) is 1.26. The van der Waals surface area contributed by atoms with Gasteiger partial charge in [0.05, 0.1) is 11.0 Å². The number of rotatable bonds is 3. The van der Waals surface area contributed by atoms with Crippen molar-refractivity contribution in [1.29, 1.82) is 0 Å². The molecule has 0 N–H and O–H groups in total. The van der Waals surface area contributed by atoms with Crippen LogP contribution < -0.4 is 9.64 Å². The number of hydrogen-bond donors (Lipinski definition) is 0. The molecule has 0 aliphatic carbocycles. The summed E-state index contributed by atoms with van der Waals surface area (Å²) in [7, 11) is 1.98. The summed E-state index contributed by atoms with van der Waals surface area (Å²) in [5, 5.41) is 0. The monoisotopic (exact) mass is 307 g/mol. The van der Waals surface area contributed by atoms with Gasteiger partial charge in [-0.1, -0.05) is 30.3 Å². The number of benzene rings is 2. The first-order chi connectivity index (χ1) is 10.9. The number of hydrogen-bond acceptors (Lipinski definition) is 4. The lowest BCUT2D eigenvalue weighted by Gasteiger charge is -2.26. The minimum Gasteiger partial charge on any atom is -0.469 e. The summed E-state index contributed by atoms with van der Waals surface area (Å²) in [4.78, 5) is 11.5. The third-order valence-corrected chi connectivity index (χ3v) is 3.39. The third kappa shape index (κ3) is 3.42. The van der Waals surface area contributed by atoms with Crippen LogP contribution in [0.5, 0.6) is 5.88 Å². The molecule has 0 atom stereocenters. The van der Waals surface area contributed by atoms with Gasteiger partial charge in [-0.2, -0.15) is 0 Å². The molecule has 0 saturated carbocycles. The van der Waals surface area contributed by atoms with Crippen LogP contribution in [0.15, 0.2) is 54.6 Å². The van der Waals surface area contributed by atoms with E-state index in [1.807, 2.05) is 87.3 Å². The van der Waals surface area contributed by atoms with Crippen molar-refractivity contribution in [3.63, 3.8) is 0 Å².